The Labute approximate surface area is 107 Å². The summed E-state index contributed by atoms with van der Waals surface area (Å²) in [6.07, 6.45) is 4.84. The molecule has 1 N–H and O–H groups in total. The molecule has 0 saturated carbocycles. The van der Waals surface area contributed by atoms with E-state index in [2.05, 4.69) is 16.5 Å². The van der Waals surface area contributed by atoms with Crippen LogP contribution < -0.4 is 5.32 Å². The maximum atomic E-state index is 8.85. The van der Waals surface area contributed by atoms with Crippen molar-refractivity contribution in [3.63, 3.8) is 0 Å². The van der Waals surface area contributed by atoms with Gasteiger partial charge in [-0.15, -0.1) is 0 Å². The zero-order chi connectivity index (χ0) is 13.0. The van der Waals surface area contributed by atoms with E-state index in [0.717, 1.165) is 30.8 Å². The van der Waals surface area contributed by atoms with Crippen LogP contribution in [0.15, 0.2) is 24.5 Å². The van der Waals surface area contributed by atoms with Gasteiger partial charge in [0, 0.05) is 46.0 Å². The third-order valence-electron chi connectivity index (χ3n) is 2.83. The van der Waals surface area contributed by atoms with Crippen molar-refractivity contribution in [2.75, 3.05) is 6.54 Å². The van der Waals surface area contributed by atoms with Crippen LogP contribution in [0.5, 0.6) is 0 Å². The molecule has 0 radical (unpaired) electrons. The highest BCUT2D eigenvalue weighted by Crippen LogP contribution is 2.05. The standard InChI is InChI=1S/C13H17N5/c1-17-10-11(7-13(17)8-14)9-15-5-3-12-4-6-18(2)16-12/h4,6-7,10,15H,3,5,9H2,1-2H3. The Morgan fingerprint density at radius 3 is 2.89 bits per heavy atom. The predicted molar refractivity (Wildman–Crippen MR) is 68.7 cm³/mol. The van der Waals surface area contributed by atoms with Crippen LogP contribution in [0.1, 0.15) is 17.0 Å². The summed E-state index contributed by atoms with van der Waals surface area (Å²) in [5.74, 6) is 0. The van der Waals surface area contributed by atoms with Gasteiger partial charge in [-0.3, -0.25) is 4.68 Å². The summed E-state index contributed by atoms with van der Waals surface area (Å²) in [6, 6.07) is 6.09. The number of aryl methyl sites for hydroxylation is 2. The lowest BCUT2D eigenvalue weighted by atomic mass is 10.3. The first-order valence-corrected chi connectivity index (χ1v) is 5.93. The van der Waals surface area contributed by atoms with E-state index >= 15 is 0 Å². The van der Waals surface area contributed by atoms with Crippen molar-refractivity contribution in [1.82, 2.24) is 19.7 Å². The van der Waals surface area contributed by atoms with E-state index in [0.29, 0.717) is 5.69 Å². The maximum Gasteiger partial charge on any atom is 0.120 e. The summed E-state index contributed by atoms with van der Waals surface area (Å²) >= 11 is 0. The molecule has 0 atom stereocenters. The van der Waals surface area contributed by atoms with E-state index in [1.165, 1.54) is 0 Å². The first kappa shape index (κ1) is 12.4. The highest BCUT2D eigenvalue weighted by Gasteiger charge is 2.02. The van der Waals surface area contributed by atoms with E-state index in [-0.39, 0.29) is 0 Å². The summed E-state index contributed by atoms with van der Waals surface area (Å²) in [6.45, 7) is 1.66. The van der Waals surface area contributed by atoms with Crippen LogP contribution in [0.4, 0.5) is 0 Å². The monoisotopic (exact) mass is 243 g/mol. The summed E-state index contributed by atoms with van der Waals surface area (Å²) in [5.41, 5.74) is 2.92. The molecule has 94 valence electrons. The van der Waals surface area contributed by atoms with Crippen molar-refractivity contribution in [2.24, 2.45) is 14.1 Å². The SMILES string of the molecule is Cn1ccc(CCNCc2cc(C#N)n(C)c2)n1. The molecule has 2 rings (SSSR count). The summed E-state index contributed by atoms with van der Waals surface area (Å²) in [5, 5.41) is 16.5. The van der Waals surface area contributed by atoms with Gasteiger partial charge in [-0.25, -0.2) is 0 Å². The minimum atomic E-state index is 0.691. The van der Waals surface area contributed by atoms with Gasteiger partial charge in [-0.1, -0.05) is 0 Å². The molecule has 0 unspecified atom stereocenters. The molecule has 0 bridgehead atoms. The van der Waals surface area contributed by atoms with E-state index in [4.69, 9.17) is 5.26 Å². The van der Waals surface area contributed by atoms with Crippen LogP contribution in [-0.4, -0.2) is 20.9 Å². The van der Waals surface area contributed by atoms with Gasteiger partial charge in [-0.05, 0) is 17.7 Å². The van der Waals surface area contributed by atoms with E-state index in [1.807, 2.05) is 47.9 Å². The molecular weight excluding hydrogens is 226 g/mol. The van der Waals surface area contributed by atoms with E-state index in [9.17, 15) is 0 Å². The zero-order valence-electron chi connectivity index (χ0n) is 10.7. The quantitative estimate of drug-likeness (QED) is 0.796. The fourth-order valence-electron chi connectivity index (χ4n) is 1.89. The zero-order valence-corrected chi connectivity index (χ0v) is 10.7. The third-order valence-corrected chi connectivity index (χ3v) is 2.83. The molecule has 5 nitrogen and oxygen atoms in total. The average molecular weight is 243 g/mol. The lowest BCUT2D eigenvalue weighted by molar-refractivity contribution is 0.665. The van der Waals surface area contributed by atoms with Crippen LogP contribution in [-0.2, 0) is 27.1 Å². The number of nitrogens with one attached hydrogen (secondary N) is 1. The largest absolute Gasteiger partial charge is 0.342 e. The minimum Gasteiger partial charge on any atom is -0.342 e. The molecule has 0 aliphatic heterocycles. The summed E-state index contributed by atoms with van der Waals surface area (Å²) < 4.78 is 3.65. The number of aromatic nitrogens is 3. The molecule has 18 heavy (non-hydrogen) atoms. The normalized spacial score (nSPS) is 10.5. The van der Waals surface area contributed by atoms with Gasteiger partial charge in [0.05, 0.1) is 5.69 Å². The van der Waals surface area contributed by atoms with Crippen molar-refractivity contribution < 1.29 is 0 Å². The first-order chi connectivity index (χ1) is 8.69. The summed E-state index contributed by atoms with van der Waals surface area (Å²) in [7, 11) is 3.81. The van der Waals surface area contributed by atoms with E-state index in [1.54, 1.807) is 0 Å². The highest BCUT2D eigenvalue weighted by molar-refractivity contribution is 5.28. The van der Waals surface area contributed by atoms with Gasteiger partial charge in [0.15, 0.2) is 0 Å². The second-order valence-corrected chi connectivity index (χ2v) is 4.36. The van der Waals surface area contributed by atoms with Gasteiger partial charge in [0.2, 0.25) is 0 Å². The second-order valence-electron chi connectivity index (χ2n) is 4.36. The van der Waals surface area contributed by atoms with Crippen molar-refractivity contribution >= 4 is 0 Å². The lowest BCUT2D eigenvalue weighted by Gasteiger charge is -2.01. The van der Waals surface area contributed by atoms with Crippen LogP contribution in [0, 0.1) is 11.3 Å². The Kier molecular flexibility index (Phi) is 3.80. The molecule has 0 fully saturated rings. The Bertz CT molecular complexity index is 558. The molecule has 2 aromatic rings. The number of nitriles is 1. The number of nitrogens with zero attached hydrogens (tertiary/aromatic N) is 4. The van der Waals surface area contributed by atoms with Crippen LogP contribution in [0.25, 0.3) is 0 Å². The molecule has 0 spiro atoms. The predicted octanol–water partition coefficient (Wildman–Crippen LogP) is 0.963. The van der Waals surface area contributed by atoms with Crippen LogP contribution >= 0.6 is 0 Å². The number of hydrogen-bond donors (Lipinski definition) is 1. The Balaban J connectivity index is 1.77. The molecule has 2 aromatic heterocycles. The third kappa shape index (κ3) is 2.99. The molecule has 2 heterocycles. The van der Waals surface area contributed by atoms with Crippen molar-refractivity contribution in [2.45, 2.75) is 13.0 Å². The molecular formula is C13H17N5. The summed E-state index contributed by atoms with van der Waals surface area (Å²) in [4.78, 5) is 0. The van der Waals surface area contributed by atoms with Crippen molar-refractivity contribution in [1.29, 1.82) is 5.26 Å². The smallest absolute Gasteiger partial charge is 0.120 e. The Morgan fingerprint density at radius 1 is 1.44 bits per heavy atom. The number of hydrogen-bond acceptors (Lipinski definition) is 3. The lowest BCUT2D eigenvalue weighted by Crippen LogP contribution is -2.16. The molecule has 0 saturated heterocycles. The minimum absolute atomic E-state index is 0.691. The molecule has 5 heteroatoms. The van der Waals surface area contributed by atoms with Crippen LogP contribution in [0.3, 0.4) is 0 Å². The molecule has 0 aliphatic rings. The Morgan fingerprint density at radius 2 is 2.28 bits per heavy atom. The fourth-order valence-corrected chi connectivity index (χ4v) is 1.89. The van der Waals surface area contributed by atoms with Gasteiger partial charge in [0.25, 0.3) is 0 Å². The van der Waals surface area contributed by atoms with Gasteiger partial charge < -0.3 is 9.88 Å². The average Bonchev–Trinajstić information content (AvgIpc) is 2.91. The maximum absolute atomic E-state index is 8.85. The topological polar surface area (TPSA) is 58.6 Å². The van der Waals surface area contributed by atoms with Gasteiger partial charge in [-0.2, -0.15) is 10.4 Å². The second kappa shape index (κ2) is 5.52. The number of rotatable bonds is 5. The Hall–Kier alpha value is -2.06. The fraction of sp³-hybridized carbons (Fsp3) is 0.385. The van der Waals surface area contributed by atoms with Crippen molar-refractivity contribution in [3.05, 3.63) is 41.5 Å². The highest BCUT2D eigenvalue weighted by atomic mass is 15.2. The van der Waals surface area contributed by atoms with Gasteiger partial charge >= 0.3 is 0 Å². The van der Waals surface area contributed by atoms with Crippen molar-refractivity contribution in [3.8, 4) is 6.07 Å². The molecule has 0 aliphatic carbocycles. The van der Waals surface area contributed by atoms with Crippen LogP contribution in [0.2, 0.25) is 0 Å². The van der Waals surface area contributed by atoms with E-state index < -0.39 is 0 Å². The first-order valence-electron chi connectivity index (χ1n) is 5.93. The molecule has 0 aromatic carbocycles. The van der Waals surface area contributed by atoms with Gasteiger partial charge in [0.1, 0.15) is 11.8 Å². The molecule has 0 amide bonds.